The summed E-state index contributed by atoms with van der Waals surface area (Å²) in [5.74, 6) is -0.197. The summed E-state index contributed by atoms with van der Waals surface area (Å²) in [5.41, 5.74) is 1.26. The van der Waals surface area contributed by atoms with E-state index in [1.807, 2.05) is 39.0 Å². The van der Waals surface area contributed by atoms with Crippen LogP contribution in [0.4, 0.5) is 0 Å². The van der Waals surface area contributed by atoms with Gasteiger partial charge in [0.25, 0.3) is 0 Å². The molecule has 2 unspecified atom stereocenters. The molecule has 0 heterocycles. The lowest BCUT2D eigenvalue weighted by Gasteiger charge is -2.19. The topological polar surface area (TPSA) is 50.4 Å². The predicted molar refractivity (Wildman–Crippen MR) is 76.8 cm³/mol. The summed E-state index contributed by atoms with van der Waals surface area (Å²) >= 11 is 0. The van der Waals surface area contributed by atoms with Crippen molar-refractivity contribution in [3.05, 3.63) is 35.9 Å². The Balaban J connectivity index is 2.20. The fourth-order valence-electron chi connectivity index (χ4n) is 1.85. The Kier molecular flexibility index (Phi) is 7.15. The van der Waals surface area contributed by atoms with Gasteiger partial charge in [-0.05, 0) is 26.3 Å². The zero-order valence-electron chi connectivity index (χ0n) is 12.0. The van der Waals surface area contributed by atoms with Crippen LogP contribution in [-0.4, -0.2) is 31.2 Å². The molecule has 4 heteroatoms. The third-order valence-corrected chi connectivity index (χ3v) is 2.80. The highest BCUT2D eigenvalue weighted by Crippen LogP contribution is 1.97. The second-order valence-electron chi connectivity index (χ2n) is 4.66. The Morgan fingerprint density at radius 1 is 1.26 bits per heavy atom. The molecule has 0 aromatic heterocycles. The molecule has 0 aliphatic rings. The molecule has 0 aliphatic carbocycles. The highest BCUT2D eigenvalue weighted by Gasteiger charge is 2.15. The van der Waals surface area contributed by atoms with Gasteiger partial charge in [-0.25, -0.2) is 0 Å². The van der Waals surface area contributed by atoms with Crippen molar-refractivity contribution in [3.8, 4) is 0 Å². The Morgan fingerprint density at radius 2 is 1.95 bits per heavy atom. The third kappa shape index (κ3) is 6.36. The molecule has 0 fully saturated rings. The first-order valence-electron chi connectivity index (χ1n) is 6.80. The van der Waals surface area contributed by atoms with E-state index in [0.717, 1.165) is 13.1 Å². The minimum absolute atomic E-state index is 0.197. The van der Waals surface area contributed by atoms with Crippen LogP contribution in [0.15, 0.2) is 30.3 Å². The monoisotopic (exact) mass is 264 g/mol. The van der Waals surface area contributed by atoms with E-state index >= 15 is 0 Å². The lowest BCUT2D eigenvalue weighted by molar-refractivity contribution is -0.145. The molecule has 0 spiro atoms. The molecule has 1 rings (SSSR count). The van der Waals surface area contributed by atoms with Crippen LogP contribution in [0, 0.1) is 0 Å². The fourth-order valence-corrected chi connectivity index (χ4v) is 1.85. The van der Waals surface area contributed by atoms with Gasteiger partial charge in [-0.2, -0.15) is 0 Å². The SMILES string of the molecule is CCOC(=O)C(C)NC(C)CNCc1ccccc1. The first-order chi connectivity index (χ1) is 9.13. The molecular weight excluding hydrogens is 240 g/mol. The van der Waals surface area contributed by atoms with Crippen LogP contribution in [0.5, 0.6) is 0 Å². The molecule has 4 nitrogen and oxygen atoms in total. The van der Waals surface area contributed by atoms with Gasteiger partial charge >= 0.3 is 5.97 Å². The predicted octanol–water partition coefficient (Wildman–Crippen LogP) is 1.71. The third-order valence-electron chi connectivity index (χ3n) is 2.80. The maximum atomic E-state index is 11.5. The van der Waals surface area contributed by atoms with Gasteiger partial charge in [0, 0.05) is 19.1 Å². The highest BCUT2D eigenvalue weighted by molar-refractivity contribution is 5.75. The number of esters is 1. The first-order valence-corrected chi connectivity index (χ1v) is 6.80. The number of hydrogen-bond donors (Lipinski definition) is 2. The van der Waals surface area contributed by atoms with Crippen LogP contribution in [0.1, 0.15) is 26.3 Å². The number of benzene rings is 1. The molecule has 0 saturated heterocycles. The van der Waals surface area contributed by atoms with Gasteiger partial charge in [0.2, 0.25) is 0 Å². The Bertz CT molecular complexity index is 368. The van der Waals surface area contributed by atoms with Crippen LogP contribution in [-0.2, 0) is 16.1 Å². The van der Waals surface area contributed by atoms with Crippen LogP contribution in [0.25, 0.3) is 0 Å². The minimum Gasteiger partial charge on any atom is -0.465 e. The van der Waals surface area contributed by atoms with Crippen LogP contribution in [0.3, 0.4) is 0 Å². The average molecular weight is 264 g/mol. The Morgan fingerprint density at radius 3 is 2.58 bits per heavy atom. The largest absolute Gasteiger partial charge is 0.465 e. The van der Waals surface area contributed by atoms with E-state index in [1.54, 1.807) is 0 Å². The summed E-state index contributed by atoms with van der Waals surface area (Å²) in [6.45, 7) is 7.75. The lowest BCUT2D eigenvalue weighted by Crippen LogP contribution is -2.45. The van der Waals surface area contributed by atoms with E-state index in [0.29, 0.717) is 6.61 Å². The van der Waals surface area contributed by atoms with E-state index in [-0.39, 0.29) is 18.1 Å². The van der Waals surface area contributed by atoms with Crippen molar-refractivity contribution in [1.82, 2.24) is 10.6 Å². The normalized spacial score (nSPS) is 13.8. The Hall–Kier alpha value is -1.39. The first kappa shape index (κ1) is 15.7. The molecule has 0 aliphatic heterocycles. The van der Waals surface area contributed by atoms with Gasteiger partial charge in [-0.15, -0.1) is 0 Å². The number of nitrogens with one attached hydrogen (secondary N) is 2. The van der Waals surface area contributed by atoms with Crippen molar-refractivity contribution in [2.75, 3.05) is 13.2 Å². The number of hydrogen-bond acceptors (Lipinski definition) is 4. The summed E-state index contributed by atoms with van der Waals surface area (Å²) < 4.78 is 4.96. The summed E-state index contributed by atoms with van der Waals surface area (Å²) in [6, 6.07) is 10.2. The van der Waals surface area contributed by atoms with Crippen LogP contribution in [0.2, 0.25) is 0 Å². The molecule has 2 atom stereocenters. The summed E-state index contributed by atoms with van der Waals surface area (Å²) in [6.07, 6.45) is 0. The van der Waals surface area contributed by atoms with Gasteiger partial charge in [0.1, 0.15) is 6.04 Å². The van der Waals surface area contributed by atoms with Gasteiger partial charge in [-0.3, -0.25) is 4.79 Å². The van der Waals surface area contributed by atoms with Crippen molar-refractivity contribution in [3.63, 3.8) is 0 Å². The zero-order chi connectivity index (χ0) is 14.1. The fraction of sp³-hybridized carbons (Fsp3) is 0.533. The molecule has 0 amide bonds. The van der Waals surface area contributed by atoms with Crippen molar-refractivity contribution < 1.29 is 9.53 Å². The second kappa shape index (κ2) is 8.67. The standard InChI is InChI=1S/C15H24N2O2/c1-4-19-15(18)13(3)17-12(2)10-16-11-14-8-6-5-7-9-14/h5-9,12-13,16-17H,4,10-11H2,1-3H3. The highest BCUT2D eigenvalue weighted by atomic mass is 16.5. The summed E-state index contributed by atoms with van der Waals surface area (Å²) in [4.78, 5) is 11.5. The maximum Gasteiger partial charge on any atom is 0.322 e. The molecule has 0 bridgehead atoms. The van der Waals surface area contributed by atoms with Gasteiger partial charge in [-0.1, -0.05) is 30.3 Å². The quantitative estimate of drug-likeness (QED) is 0.702. The van der Waals surface area contributed by atoms with Crippen molar-refractivity contribution in [1.29, 1.82) is 0 Å². The van der Waals surface area contributed by atoms with Crippen LogP contribution < -0.4 is 10.6 Å². The minimum atomic E-state index is -0.270. The van der Waals surface area contributed by atoms with E-state index < -0.39 is 0 Å². The van der Waals surface area contributed by atoms with Gasteiger partial charge in [0.05, 0.1) is 6.61 Å². The summed E-state index contributed by atoms with van der Waals surface area (Å²) in [5, 5.41) is 6.58. The molecule has 1 aromatic carbocycles. The van der Waals surface area contributed by atoms with E-state index in [9.17, 15) is 4.79 Å². The number of carbonyl (C=O) groups excluding carboxylic acids is 1. The molecule has 0 radical (unpaired) electrons. The maximum absolute atomic E-state index is 11.5. The molecule has 1 aromatic rings. The van der Waals surface area contributed by atoms with E-state index in [1.165, 1.54) is 5.56 Å². The molecule has 106 valence electrons. The number of ether oxygens (including phenoxy) is 1. The van der Waals surface area contributed by atoms with Gasteiger partial charge in [0.15, 0.2) is 0 Å². The zero-order valence-corrected chi connectivity index (χ0v) is 12.0. The number of rotatable bonds is 8. The Labute approximate surface area is 115 Å². The smallest absolute Gasteiger partial charge is 0.322 e. The lowest BCUT2D eigenvalue weighted by atomic mass is 10.2. The molecular formula is C15H24N2O2. The molecule has 0 saturated carbocycles. The molecule has 19 heavy (non-hydrogen) atoms. The van der Waals surface area contributed by atoms with Crippen molar-refractivity contribution >= 4 is 5.97 Å². The van der Waals surface area contributed by atoms with Crippen molar-refractivity contribution in [2.45, 2.75) is 39.4 Å². The van der Waals surface area contributed by atoms with Crippen LogP contribution >= 0.6 is 0 Å². The molecule has 2 N–H and O–H groups in total. The number of carbonyl (C=O) groups is 1. The van der Waals surface area contributed by atoms with Crippen molar-refractivity contribution in [2.24, 2.45) is 0 Å². The average Bonchev–Trinajstić information content (AvgIpc) is 2.40. The second-order valence-corrected chi connectivity index (χ2v) is 4.66. The summed E-state index contributed by atoms with van der Waals surface area (Å²) in [7, 11) is 0. The van der Waals surface area contributed by atoms with E-state index in [4.69, 9.17) is 4.74 Å². The van der Waals surface area contributed by atoms with E-state index in [2.05, 4.69) is 22.8 Å². The van der Waals surface area contributed by atoms with Gasteiger partial charge < -0.3 is 15.4 Å².